The fraction of sp³-hybridized carbons (Fsp3) is 0.292. The Morgan fingerprint density at radius 3 is 2.48 bits per heavy atom. The number of halogens is 4. The molecule has 0 aliphatic heterocycles. The molecule has 5 nitrogen and oxygen atoms in total. The van der Waals surface area contributed by atoms with E-state index < -0.39 is 17.7 Å². The Morgan fingerprint density at radius 2 is 1.79 bits per heavy atom. The van der Waals surface area contributed by atoms with Gasteiger partial charge in [-0.15, -0.1) is 0 Å². The average molecular weight is 456 g/mol. The largest absolute Gasteiger partial charge is 0.433 e. The van der Waals surface area contributed by atoms with Gasteiger partial charge >= 0.3 is 6.18 Å². The minimum Gasteiger partial charge on any atom is -0.382 e. The van der Waals surface area contributed by atoms with Gasteiger partial charge in [0, 0.05) is 28.7 Å². The van der Waals surface area contributed by atoms with E-state index in [0.29, 0.717) is 24.0 Å². The van der Waals surface area contributed by atoms with Crippen LogP contribution in [0.15, 0.2) is 48.5 Å². The molecule has 4 rings (SSSR count). The van der Waals surface area contributed by atoms with Gasteiger partial charge in [-0.1, -0.05) is 0 Å². The summed E-state index contributed by atoms with van der Waals surface area (Å²) in [6, 6.07) is 12.3. The summed E-state index contributed by atoms with van der Waals surface area (Å²) in [6.45, 7) is 0. The molecule has 1 saturated carbocycles. The first kappa shape index (κ1) is 22.5. The lowest BCUT2D eigenvalue weighted by Gasteiger charge is -2.31. The number of pyridine rings is 1. The van der Waals surface area contributed by atoms with Gasteiger partial charge < -0.3 is 10.6 Å². The van der Waals surface area contributed by atoms with Gasteiger partial charge in [-0.3, -0.25) is 4.79 Å². The number of hydrogen-bond donors (Lipinski definition) is 2. The molecule has 1 aliphatic carbocycles. The summed E-state index contributed by atoms with van der Waals surface area (Å²) in [4.78, 5) is 16.2. The molecule has 0 spiro atoms. The normalized spacial score (nSPS) is 18.5. The van der Waals surface area contributed by atoms with Crippen LogP contribution in [0.2, 0.25) is 0 Å². The molecular formula is C24H20F4N4O. The van der Waals surface area contributed by atoms with Gasteiger partial charge in [0.05, 0.1) is 17.1 Å². The lowest BCUT2D eigenvalue weighted by atomic mass is 9.90. The third-order valence-corrected chi connectivity index (χ3v) is 5.71. The quantitative estimate of drug-likeness (QED) is 0.514. The SMILES string of the molecule is N#Cc1ccc(C(=O)N[C@@H]2CCC[C@H](Nc3cc(C(F)(F)F)nc4ccc(F)cc34)C2)cc1. The van der Waals surface area contributed by atoms with Crippen molar-refractivity contribution in [3.8, 4) is 6.07 Å². The van der Waals surface area contributed by atoms with Crippen molar-refractivity contribution in [1.82, 2.24) is 10.3 Å². The molecule has 2 atom stereocenters. The molecule has 0 radical (unpaired) electrons. The Bertz CT molecular complexity index is 1220. The molecular weight excluding hydrogens is 436 g/mol. The van der Waals surface area contributed by atoms with Crippen molar-refractivity contribution in [3.63, 3.8) is 0 Å². The van der Waals surface area contributed by atoms with Crippen LogP contribution in [-0.4, -0.2) is 23.0 Å². The number of nitrogens with zero attached hydrogens (tertiary/aromatic N) is 2. The van der Waals surface area contributed by atoms with Crippen molar-refractivity contribution < 1.29 is 22.4 Å². The highest BCUT2D eigenvalue weighted by atomic mass is 19.4. The van der Waals surface area contributed by atoms with E-state index in [-0.39, 0.29) is 34.6 Å². The van der Waals surface area contributed by atoms with Crippen LogP contribution in [0.4, 0.5) is 23.2 Å². The van der Waals surface area contributed by atoms with Gasteiger partial charge in [-0.05, 0) is 74.2 Å². The van der Waals surface area contributed by atoms with Gasteiger partial charge in [0.15, 0.2) is 0 Å². The maximum atomic E-state index is 13.8. The molecule has 33 heavy (non-hydrogen) atoms. The number of rotatable bonds is 4. The summed E-state index contributed by atoms with van der Waals surface area (Å²) in [5.41, 5.74) is 0.0407. The predicted octanol–water partition coefficient (Wildman–Crippen LogP) is 5.42. The van der Waals surface area contributed by atoms with Crippen molar-refractivity contribution in [2.45, 2.75) is 43.9 Å². The number of alkyl halides is 3. The van der Waals surface area contributed by atoms with Gasteiger partial charge in [-0.2, -0.15) is 18.4 Å². The Kier molecular flexibility index (Phi) is 6.18. The highest BCUT2D eigenvalue weighted by molar-refractivity contribution is 5.94. The highest BCUT2D eigenvalue weighted by Gasteiger charge is 2.34. The van der Waals surface area contributed by atoms with Crippen LogP contribution < -0.4 is 10.6 Å². The minimum atomic E-state index is -4.64. The summed E-state index contributed by atoms with van der Waals surface area (Å²) in [5.74, 6) is -0.843. The molecule has 2 aromatic carbocycles. The number of nitrogens with one attached hydrogen (secondary N) is 2. The number of fused-ring (bicyclic) bond motifs is 1. The zero-order valence-electron chi connectivity index (χ0n) is 17.4. The number of anilines is 1. The van der Waals surface area contributed by atoms with E-state index in [2.05, 4.69) is 15.6 Å². The van der Waals surface area contributed by atoms with E-state index in [9.17, 15) is 22.4 Å². The van der Waals surface area contributed by atoms with E-state index in [1.54, 1.807) is 24.3 Å². The van der Waals surface area contributed by atoms with E-state index in [0.717, 1.165) is 31.0 Å². The second-order valence-corrected chi connectivity index (χ2v) is 8.08. The first-order valence-corrected chi connectivity index (χ1v) is 10.5. The van der Waals surface area contributed by atoms with Crippen LogP contribution >= 0.6 is 0 Å². The molecule has 1 aromatic heterocycles. The Hall–Kier alpha value is -3.67. The topological polar surface area (TPSA) is 77.8 Å². The molecule has 9 heteroatoms. The lowest BCUT2D eigenvalue weighted by molar-refractivity contribution is -0.140. The molecule has 170 valence electrons. The Morgan fingerprint density at radius 1 is 1.06 bits per heavy atom. The molecule has 1 fully saturated rings. The highest BCUT2D eigenvalue weighted by Crippen LogP contribution is 2.34. The van der Waals surface area contributed by atoms with Crippen LogP contribution in [0.1, 0.15) is 47.3 Å². The minimum absolute atomic E-state index is 0.0511. The number of carbonyl (C=O) groups excluding carboxylic acids is 1. The maximum absolute atomic E-state index is 13.8. The average Bonchev–Trinajstić information content (AvgIpc) is 2.79. The number of carbonyl (C=O) groups is 1. The number of amides is 1. The molecule has 1 heterocycles. The van der Waals surface area contributed by atoms with Crippen molar-refractivity contribution >= 4 is 22.5 Å². The number of benzene rings is 2. The number of aromatic nitrogens is 1. The molecule has 0 bridgehead atoms. The van der Waals surface area contributed by atoms with E-state index in [4.69, 9.17) is 5.26 Å². The summed E-state index contributed by atoms with van der Waals surface area (Å²) >= 11 is 0. The first-order chi connectivity index (χ1) is 15.7. The monoisotopic (exact) mass is 456 g/mol. The van der Waals surface area contributed by atoms with Gasteiger partial charge in [-0.25, -0.2) is 9.37 Å². The zero-order chi connectivity index (χ0) is 23.6. The lowest BCUT2D eigenvalue weighted by Crippen LogP contribution is -2.41. The summed E-state index contributed by atoms with van der Waals surface area (Å²) in [5, 5.41) is 15.2. The van der Waals surface area contributed by atoms with Gasteiger partial charge in [0.1, 0.15) is 11.5 Å². The van der Waals surface area contributed by atoms with Crippen LogP contribution in [0.5, 0.6) is 0 Å². The third-order valence-electron chi connectivity index (χ3n) is 5.71. The molecule has 1 aliphatic rings. The van der Waals surface area contributed by atoms with Crippen molar-refractivity contribution in [2.75, 3.05) is 5.32 Å². The summed E-state index contributed by atoms with van der Waals surface area (Å²) < 4.78 is 53.8. The summed E-state index contributed by atoms with van der Waals surface area (Å²) in [7, 11) is 0. The molecule has 1 amide bonds. The van der Waals surface area contributed by atoms with E-state index in [1.807, 2.05) is 6.07 Å². The van der Waals surface area contributed by atoms with E-state index in [1.165, 1.54) is 6.07 Å². The fourth-order valence-electron chi connectivity index (χ4n) is 4.10. The maximum Gasteiger partial charge on any atom is 0.433 e. The third kappa shape index (κ3) is 5.22. The Balaban J connectivity index is 1.51. The fourth-order valence-corrected chi connectivity index (χ4v) is 4.10. The van der Waals surface area contributed by atoms with E-state index >= 15 is 0 Å². The van der Waals surface area contributed by atoms with Crippen LogP contribution in [-0.2, 0) is 6.18 Å². The zero-order valence-corrected chi connectivity index (χ0v) is 17.4. The van der Waals surface area contributed by atoms with Gasteiger partial charge in [0.25, 0.3) is 5.91 Å². The van der Waals surface area contributed by atoms with Crippen LogP contribution in [0, 0.1) is 17.1 Å². The summed E-state index contributed by atoms with van der Waals surface area (Å²) in [6.07, 6.45) is -1.94. The first-order valence-electron chi connectivity index (χ1n) is 10.5. The van der Waals surface area contributed by atoms with Crippen LogP contribution in [0.3, 0.4) is 0 Å². The smallest absolute Gasteiger partial charge is 0.382 e. The standard InChI is InChI=1S/C24H20F4N4O/c25-16-8-9-20-19(10-16)21(12-22(32-20)24(26,27)28)30-17-2-1-3-18(11-17)31-23(33)15-6-4-14(13-29)5-7-15/h4-10,12,17-18H,1-3,11H2,(H,30,32)(H,31,33)/t17-,18+/m0/s1. The Labute approximate surface area is 187 Å². The van der Waals surface area contributed by atoms with Crippen LogP contribution in [0.25, 0.3) is 10.9 Å². The van der Waals surface area contributed by atoms with Gasteiger partial charge in [0.2, 0.25) is 0 Å². The van der Waals surface area contributed by atoms with Crippen molar-refractivity contribution in [1.29, 1.82) is 5.26 Å². The predicted molar refractivity (Wildman–Crippen MR) is 115 cm³/mol. The van der Waals surface area contributed by atoms with Crippen molar-refractivity contribution in [2.24, 2.45) is 0 Å². The molecule has 2 N–H and O–H groups in total. The molecule has 3 aromatic rings. The molecule has 0 unspecified atom stereocenters. The number of nitriles is 1. The number of hydrogen-bond acceptors (Lipinski definition) is 4. The van der Waals surface area contributed by atoms with Crippen molar-refractivity contribution in [3.05, 3.63) is 71.2 Å². The second-order valence-electron chi connectivity index (χ2n) is 8.08. The molecule has 0 saturated heterocycles. The second kappa shape index (κ2) is 9.06.